The lowest BCUT2D eigenvalue weighted by molar-refractivity contribution is 0.0656. The van der Waals surface area contributed by atoms with Gasteiger partial charge in [-0.3, -0.25) is 20.4 Å². The van der Waals surface area contributed by atoms with Crippen molar-refractivity contribution < 1.29 is 23.8 Å². The predicted octanol–water partition coefficient (Wildman–Crippen LogP) is 2.70. The van der Waals surface area contributed by atoms with E-state index in [1.807, 2.05) is 26.0 Å². The predicted molar refractivity (Wildman–Crippen MR) is 101 cm³/mol. The van der Waals surface area contributed by atoms with Crippen molar-refractivity contribution in [3.05, 3.63) is 59.2 Å². The van der Waals surface area contributed by atoms with Crippen molar-refractivity contribution in [1.82, 2.24) is 10.9 Å². The Bertz CT molecular complexity index is 765. The minimum Gasteiger partial charge on any atom is -0.497 e. The summed E-state index contributed by atoms with van der Waals surface area (Å²) in [4.78, 5) is 24.5. The van der Waals surface area contributed by atoms with Gasteiger partial charge in [0.05, 0.1) is 26.9 Å². The lowest BCUT2D eigenvalue weighted by atomic mass is 10.1. The van der Waals surface area contributed by atoms with E-state index in [9.17, 15) is 9.59 Å². The minimum atomic E-state index is -0.484. The van der Waals surface area contributed by atoms with Crippen LogP contribution >= 0.6 is 0 Å². The molecule has 0 saturated carbocycles. The maximum Gasteiger partial charge on any atom is 0.269 e. The molecule has 144 valence electrons. The molecule has 0 aromatic heterocycles. The first-order chi connectivity index (χ1) is 12.9. The lowest BCUT2D eigenvalue weighted by Crippen LogP contribution is -2.41. The highest BCUT2D eigenvalue weighted by Crippen LogP contribution is 2.22. The van der Waals surface area contributed by atoms with Crippen molar-refractivity contribution in [2.45, 2.75) is 26.6 Å². The van der Waals surface area contributed by atoms with Gasteiger partial charge in [0, 0.05) is 17.2 Å². The minimum absolute atomic E-state index is 0.137. The van der Waals surface area contributed by atoms with Crippen LogP contribution in [0, 0.1) is 0 Å². The molecule has 0 saturated heterocycles. The Morgan fingerprint density at radius 1 is 0.852 bits per heavy atom. The van der Waals surface area contributed by atoms with Crippen LogP contribution in [-0.4, -0.2) is 32.1 Å². The quantitative estimate of drug-likeness (QED) is 0.730. The second-order valence-corrected chi connectivity index (χ2v) is 6.07. The van der Waals surface area contributed by atoms with E-state index in [2.05, 4.69) is 10.9 Å². The van der Waals surface area contributed by atoms with Crippen LogP contribution in [0.2, 0.25) is 0 Å². The topological polar surface area (TPSA) is 85.9 Å². The largest absolute Gasteiger partial charge is 0.497 e. The van der Waals surface area contributed by atoms with Gasteiger partial charge in [0.15, 0.2) is 0 Å². The molecule has 2 rings (SSSR count). The number of nitrogens with one attached hydrogen (secondary N) is 2. The standard InChI is InChI=1S/C20H24N2O5/c1-13(2)27-12-14-5-7-15(8-6-14)19(23)21-22-20(24)16-9-17(25-3)11-18(10-16)26-4/h5-11,13H,12H2,1-4H3,(H,21,23)(H,22,24). The third kappa shape index (κ3) is 6.00. The van der Waals surface area contributed by atoms with E-state index >= 15 is 0 Å². The van der Waals surface area contributed by atoms with E-state index < -0.39 is 11.8 Å². The Kier molecular flexibility index (Phi) is 7.19. The van der Waals surface area contributed by atoms with Gasteiger partial charge in [-0.2, -0.15) is 0 Å². The SMILES string of the molecule is COc1cc(OC)cc(C(=O)NNC(=O)c2ccc(COC(C)C)cc2)c1. The van der Waals surface area contributed by atoms with Crippen molar-refractivity contribution in [1.29, 1.82) is 0 Å². The van der Waals surface area contributed by atoms with Crippen molar-refractivity contribution in [2.75, 3.05) is 14.2 Å². The Hall–Kier alpha value is -3.06. The molecule has 2 aromatic rings. The van der Waals surface area contributed by atoms with Gasteiger partial charge in [-0.05, 0) is 43.7 Å². The Labute approximate surface area is 158 Å². The van der Waals surface area contributed by atoms with Gasteiger partial charge in [0.1, 0.15) is 11.5 Å². The Balaban J connectivity index is 1.95. The zero-order chi connectivity index (χ0) is 19.8. The number of carbonyl (C=O) groups excluding carboxylic acids is 2. The number of hydrogen-bond acceptors (Lipinski definition) is 5. The van der Waals surface area contributed by atoms with Gasteiger partial charge in [-0.25, -0.2) is 0 Å². The molecule has 0 spiro atoms. The highest BCUT2D eigenvalue weighted by Gasteiger charge is 2.12. The van der Waals surface area contributed by atoms with E-state index in [-0.39, 0.29) is 6.10 Å². The average molecular weight is 372 g/mol. The fourth-order valence-corrected chi connectivity index (χ4v) is 2.21. The number of carbonyl (C=O) groups is 2. The Morgan fingerprint density at radius 3 is 1.85 bits per heavy atom. The van der Waals surface area contributed by atoms with E-state index in [0.29, 0.717) is 29.2 Å². The molecule has 0 aliphatic rings. The van der Waals surface area contributed by atoms with Crippen LogP contribution in [-0.2, 0) is 11.3 Å². The maximum atomic E-state index is 12.3. The summed E-state index contributed by atoms with van der Waals surface area (Å²) in [6.07, 6.45) is 0.137. The molecule has 2 aromatic carbocycles. The number of benzene rings is 2. The zero-order valence-corrected chi connectivity index (χ0v) is 15.9. The third-order valence-electron chi connectivity index (χ3n) is 3.70. The van der Waals surface area contributed by atoms with Crippen LogP contribution in [0.4, 0.5) is 0 Å². The molecule has 2 amide bonds. The fraction of sp³-hybridized carbons (Fsp3) is 0.300. The Morgan fingerprint density at radius 2 is 1.37 bits per heavy atom. The molecule has 0 heterocycles. The fourth-order valence-electron chi connectivity index (χ4n) is 2.21. The zero-order valence-electron chi connectivity index (χ0n) is 15.9. The molecule has 0 radical (unpaired) electrons. The molecule has 27 heavy (non-hydrogen) atoms. The van der Waals surface area contributed by atoms with Crippen molar-refractivity contribution in [3.63, 3.8) is 0 Å². The summed E-state index contributed by atoms with van der Waals surface area (Å²) in [5, 5.41) is 0. The molecule has 0 aliphatic heterocycles. The number of hydrogen-bond donors (Lipinski definition) is 2. The number of amides is 2. The highest BCUT2D eigenvalue weighted by molar-refractivity contribution is 5.99. The molecule has 0 atom stereocenters. The molecule has 7 nitrogen and oxygen atoms in total. The first-order valence-corrected chi connectivity index (χ1v) is 8.47. The highest BCUT2D eigenvalue weighted by atomic mass is 16.5. The summed E-state index contributed by atoms with van der Waals surface area (Å²) in [5.74, 6) is 0.0482. The van der Waals surface area contributed by atoms with Crippen molar-refractivity contribution in [2.24, 2.45) is 0 Å². The number of rotatable bonds is 7. The van der Waals surface area contributed by atoms with Crippen LogP contribution in [0.5, 0.6) is 11.5 Å². The van der Waals surface area contributed by atoms with Gasteiger partial charge in [0.25, 0.3) is 11.8 Å². The molecule has 0 bridgehead atoms. The summed E-state index contributed by atoms with van der Waals surface area (Å²) in [5.41, 5.74) is 6.46. The lowest BCUT2D eigenvalue weighted by Gasteiger charge is -2.11. The van der Waals surface area contributed by atoms with Gasteiger partial charge >= 0.3 is 0 Å². The summed E-state index contributed by atoms with van der Waals surface area (Å²) < 4.78 is 15.8. The van der Waals surface area contributed by atoms with Crippen LogP contribution in [0.15, 0.2) is 42.5 Å². The van der Waals surface area contributed by atoms with Gasteiger partial charge in [-0.15, -0.1) is 0 Å². The monoisotopic (exact) mass is 372 g/mol. The normalized spacial score (nSPS) is 10.4. The maximum absolute atomic E-state index is 12.3. The molecule has 0 unspecified atom stereocenters. The number of hydrazine groups is 1. The molecule has 7 heteroatoms. The third-order valence-corrected chi connectivity index (χ3v) is 3.70. The molecule has 2 N–H and O–H groups in total. The second-order valence-electron chi connectivity index (χ2n) is 6.07. The van der Waals surface area contributed by atoms with E-state index in [0.717, 1.165) is 5.56 Å². The first-order valence-electron chi connectivity index (χ1n) is 8.47. The number of ether oxygens (including phenoxy) is 3. The average Bonchev–Trinajstić information content (AvgIpc) is 2.69. The molecule has 0 aliphatic carbocycles. The summed E-state index contributed by atoms with van der Waals surface area (Å²) >= 11 is 0. The van der Waals surface area contributed by atoms with Crippen molar-refractivity contribution >= 4 is 11.8 Å². The van der Waals surface area contributed by atoms with Crippen LogP contribution in [0.3, 0.4) is 0 Å². The molecular formula is C20H24N2O5. The van der Waals surface area contributed by atoms with Gasteiger partial charge in [0.2, 0.25) is 0 Å². The summed E-state index contributed by atoms with van der Waals surface area (Å²) in [7, 11) is 2.99. The van der Waals surface area contributed by atoms with E-state index in [1.54, 1.807) is 30.3 Å². The van der Waals surface area contributed by atoms with Crippen LogP contribution < -0.4 is 20.3 Å². The first kappa shape index (κ1) is 20.3. The smallest absolute Gasteiger partial charge is 0.269 e. The van der Waals surface area contributed by atoms with Crippen LogP contribution in [0.25, 0.3) is 0 Å². The van der Waals surface area contributed by atoms with Crippen LogP contribution in [0.1, 0.15) is 40.1 Å². The molecule has 0 fully saturated rings. The van der Waals surface area contributed by atoms with E-state index in [1.165, 1.54) is 14.2 Å². The van der Waals surface area contributed by atoms with E-state index in [4.69, 9.17) is 14.2 Å². The summed E-state index contributed by atoms with van der Waals surface area (Å²) in [6, 6.07) is 11.7. The molecular weight excluding hydrogens is 348 g/mol. The van der Waals surface area contributed by atoms with Gasteiger partial charge < -0.3 is 14.2 Å². The van der Waals surface area contributed by atoms with Gasteiger partial charge in [-0.1, -0.05) is 12.1 Å². The number of methoxy groups -OCH3 is 2. The second kappa shape index (κ2) is 9.59. The summed E-state index contributed by atoms with van der Waals surface area (Å²) in [6.45, 7) is 4.40. The van der Waals surface area contributed by atoms with Crippen molar-refractivity contribution in [3.8, 4) is 11.5 Å².